The molecule has 2 aromatic rings. The molecule has 4 nitrogen and oxygen atoms in total. The molecule has 82 valence electrons. The van der Waals surface area contributed by atoms with Crippen LogP contribution >= 0.6 is 11.6 Å². The second kappa shape index (κ2) is 4.37. The summed E-state index contributed by atoms with van der Waals surface area (Å²) in [4.78, 5) is 18.5. The number of carbonyl (C=O) groups excluding carboxylic acids is 1. The number of anilines is 1. The third-order valence-corrected chi connectivity index (χ3v) is 2.40. The van der Waals surface area contributed by atoms with E-state index >= 15 is 0 Å². The molecule has 0 atom stereocenters. The van der Waals surface area contributed by atoms with Gasteiger partial charge in [0.1, 0.15) is 0 Å². The zero-order valence-electron chi connectivity index (χ0n) is 8.62. The Balaban J connectivity index is 2.21. The smallest absolute Gasteiger partial charge is 0.258 e. The number of benzene rings is 1. The number of rotatable bonds is 2. The maximum atomic E-state index is 11.8. The van der Waals surface area contributed by atoms with Crippen LogP contribution in [0, 0.1) is 6.92 Å². The molecule has 0 unspecified atom stereocenters. The van der Waals surface area contributed by atoms with Crippen molar-refractivity contribution in [3.63, 3.8) is 0 Å². The topological polar surface area (TPSA) is 57.8 Å². The van der Waals surface area contributed by atoms with E-state index in [0.29, 0.717) is 16.5 Å². The molecule has 0 aliphatic rings. The minimum atomic E-state index is -0.205. The molecule has 16 heavy (non-hydrogen) atoms. The number of amides is 1. The number of nitrogens with one attached hydrogen (secondary N) is 2. The maximum absolute atomic E-state index is 11.8. The normalized spacial score (nSPS) is 10.1. The van der Waals surface area contributed by atoms with Crippen LogP contribution in [0.2, 0.25) is 5.02 Å². The fourth-order valence-corrected chi connectivity index (χ4v) is 1.62. The van der Waals surface area contributed by atoms with Crippen LogP contribution in [0.1, 0.15) is 15.9 Å². The maximum Gasteiger partial charge on any atom is 0.258 e. The highest BCUT2D eigenvalue weighted by molar-refractivity contribution is 6.30. The Labute approximate surface area is 97.7 Å². The number of carbonyl (C=O) groups is 1. The predicted octanol–water partition coefficient (Wildman–Crippen LogP) is 2.62. The van der Waals surface area contributed by atoms with Crippen molar-refractivity contribution in [3.05, 3.63) is 46.7 Å². The number of H-pyrrole nitrogens is 1. The Bertz CT molecular complexity index is 508. The molecule has 0 saturated heterocycles. The largest absolute Gasteiger partial charge is 0.331 e. The molecule has 2 rings (SSSR count). The van der Waals surface area contributed by atoms with Crippen molar-refractivity contribution in [2.45, 2.75) is 6.92 Å². The van der Waals surface area contributed by atoms with E-state index in [0.717, 1.165) is 5.56 Å². The van der Waals surface area contributed by atoms with Gasteiger partial charge in [-0.2, -0.15) is 0 Å². The minimum Gasteiger partial charge on any atom is -0.331 e. The Kier molecular flexibility index (Phi) is 2.92. The van der Waals surface area contributed by atoms with Gasteiger partial charge >= 0.3 is 0 Å². The molecule has 0 spiro atoms. The molecule has 1 aromatic heterocycles. The Morgan fingerprint density at radius 2 is 2.31 bits per heavy atom. The van der Waals surface area contributed by atoms with E-state index in [1.54, 1.807) is 30.6 Å². The van der Waals surface area contributed by atoms with Crippen LogP contribution in [0.3, 0.4) is 0 Å². The molecular formula is C11H10ClN3O. The van der Waals surface area contributed by atoms with E-state index in [4.69, 9.17) is 11.6 Å². The molecule has 0 radical (unpaired) electrons. The number of hydrogen-bond donors (Lipinski definition) is 2. The molecule has 0 bridgehead atoms. The summed E-state index contributed by atoms with van der Waals surface area (Å²) in [5, 5.41) is 3.27. The van der Waals surface area contributed by atoms with Crippen LogP contribution < -0.4 is 5.32 Å². The summed E-state index contributed by atoms with van der Waals surface area (Å²) >= 11 is 5.81. The van der Waals surface area contributed by atoms with Gasteiger partial charge in [0.15, 0.2) is 0 Å². The van der Waals surface area contributed by atoms with Gasteiger partial charge in [-0.15, -0.1) is 0 Å². The van der Waals surface area contributed by atoms with Gasteiger partial charge in [-0.3, -0.25) is 10.1 Å². The van der Waals surface area contributed by atoms with Gasteiger partial charge in [0.05, 0.1) is 0 Å². The summed E-state index contributed by atoms with van der Waals surface area (Å²) in [5.74, 6) is 0.225. The van der Waals surface area contributed by atoms with Crippen LogP contribution in [-0.2, 0) is 0 Å². The van der Waals surface area contributed by atoms with Gasteiger partial charge in [0, 0.05) is 23.0 Å². The quantitative estimate of drug-likeness (QED) is 0.841. The fourth-order valence-electron chi connectivity index (χ4n) is 1.39. The number of aryl methyl sites for hydroxylation is 1. The molecule has 0 saturated carbocycles. The second-order valence-corrected chi connectivity index (χ2v) is 3.79. The van der Waals surface area contributed by atoms with Crippen molar-refractivity contribution in [2.75, 3.05) is 5.32 Å². The van der Waals surface area contributed by atoms with Crippen molar-refractivity contribution >= 4 is 23.5 Å². The monoisotopic (exact) mass is 235 g/mol. The Morgan fingerprint density at radius 1 is 1.50 bits per heavy atom. The lowest BCUT2D eigenvalue weighted by Gasteiger charge is -2.05. The van der Waals surface area contributed by atoms with E-state index in [9.17, 15) is 4.79 Å². The van der Waals surface area contributed by atoms with E-state index in [1.165, 1.54) is 0 Å². The van der Waals surface area contributed by atoms with Crippen LogP contribution in [0.4, 0.5) is 5.95 Å². The molecule has 1 heterocycles. The molecule has 0 aliphatic heterocycles. The number of aromatic amines is 1. The third kappa shape index (κ3) is 2.23. The van der Waals surface area contributed by atoms with Crippen LogP contribution in [0.25, 0.3) is 0 Å². The SMILES string of the molecule is Cc1cc(Cl)ccc1C(=O)Nc1ncc[nH]1. The lowest BCUT2D eigenvalue weighted by atomic mass is 10.1. The molecule has 1 aromatic carbocycles. The average molecular weight is 236 g/mol. The zero-order chi connectivity index (χ0) is 11.5. The first kappa shape index (κ1) is 10.7. The molecule has 0 aliphatic carbocycles. The molecule has 0 fully saturated rings. The highest BCUT2D eigenvalue weighted by Crippen LogP contribution is 2.16. The Morgan fingerprint density at radius 3 is 2.94 bits per heavy atom. The first-order chi connectivity index (χ1) is 7.66. The van der Waals surface area contributed by atoms with E-state index in [-0.39, 0.29) is 5.91 Å². The van der Waals surface area contributed by atoms with Crippen molar-refractivity contribution in [1.82, 2.24) is 9.97 Å². The molecule has 2 N–H and O–H groups in total. The summed E-state index contributed by atoms with van der Waals surface area (Å²) in [6, 6.07) is 5.13. The minimum absolute atomic E-state index is 0.205. The molecule has 1 amide bonds. The van der Waals surface area contributed by atoms with Crippen LogP contribution in [0.15, 0.2) is 30.6 Å². The predicted molar refractivity (Wildman–Crippen MR) is 62.7 cm³/mol. The first-order valence-electron chi connectivity index (χ1n) is 4.73. The third-order valence-electron chi connectivity index (χ3n) is 2.16. The summed E-state index contributed by atoms with van der Waals surface area (Å²) < 4.78 is 0. The van der Waals surface area contributed by atoms with Crippen LogP contribution in [-0.4, -0.2) is 15.9 Å². The van der Waals surface area contributed by atoms with Crippen molar-refractivity contribution in [2.24, 2.45) is 0 Å². The lowest BCUT2D eigenvalue weighted by Crippen LogP contribution is -2.14. The van der Waals surface area contributed by atoms with E-state index in [1.807, 2.05) is 6.92 Å². The van der Waals surface area contributed by atoms with E-state index in [2.05, 4.69) is 15.3 Å². The number of hydrogen-bond acceptors (Lipinski definition) is 2. The van der Waals surface area contributed by atoms with E-state index < -0.39 is 0 Å². The van der Waals surface area contributed by atoms with Gasteiger partial charge in [-0.1, -0.05) is 11.6 Å². The van der Waals surface area contributed by atoms with Crippen LogP contribution in [0.5, 0.6) is 0 Å². The average Bonchev–Trinajstić information content (AvgIpc) is 2.70. The summed E-state index contributed by atoms with van der Waals surface area (Å²) in [7, 11) is 0. The highest BCUT2D eigenvalue weighted by Gasteiger charge is 2.10. The first-order valence-corrected chi connectivity index (χ1v) is 5.11. The molecular weight excluding hydrogens is 226 g/mol. The number of aromatic nitrogens is 2. The molecule has 5 heteroatoms. The number of imidazole rings is 1. The standard InChI is InChI=1S/C11H10ClN3O/c1-7-6-8(12)2-3-9(7)10(16)15-11-13-4-5-14-11/h2-6H,1H3,(H2,13,14,15,16). The van der Waals surface area contributed by atoms with Crippen molar-refractivity contribution < 1.29 is 4.79 Å². The number of nitrogens with zero attached hydrogens (tertiary/aromatic N) is 1. The van der Waals surface area contributed by atoms with Crippen molar-refractivity contribution in [3.8, 4) is 0 Å². The Hall–Kier alpha value is -1.81. The van der Waals surface area contributed by atoms with Gasteiger partial charge in [0.25, 0.3) is 5.91 Å². The zero-order valence-corrected chi connectivity index (χ0v) is 9.38. The highest BCUT2D eigenvalue weighted by atomic mass is 35.5. The van der Waals surface area contributed by atoms with Gasteiger partial charge in [-0.05, 0) is 30.7 Å². The summed E-state index contributed by atoms with van der Waals surface area (Å²) in [6.07, 6.45) is 3.22. The van der Waals surface area contributed by atoms with Gasteiger partial charge < -0.3 is 4.98 Å². The lowest BCUT2D eigenvalue weighted by molar-refractivity contribution is 0.102. The van der Waals surface area contributed by atoms with Gasteiger partial charge in [-0.25, -0.2) is 4.98 Å². The van der Waals surface area contributed by atoms with Gasteiger partial charge in [0.2, 0.25) is 5.95 Å². The fraction of sp³-hybridized carbons (Fsp3) is 0.0909. The number of halogens is 1. The summed E-state index contributed by atoms with van der Waals surface area (Å²) in [6.45, 7) is 1.84. The second-order valence-electron chi connectivity index (χ2n) is 3.35. The summed E-state index contributed by atoms with van der Waals surface area (Å²) in [5.41, 5.74) is 1.41. The van der Waals surface area contributed by atoms with Crippen molar-refractivity contribution in [1.29, 1.82) is 0 Å².